The number of benzene rings is 1. The van der Waals surface area contributed by atoms with E-state index in [0.29, 0.717) is 0 Å². The molecule has 0 saturated carbocycles. The minimum absolute atomic E-state index is 1.07. The molecule has 0 spiro atoms. The van der Waals surface area contributed by atoms with Gasteiger partial charge >= 0.3 is 0 Å². The van der Waals surface area contributed by atoms with Crippen LogP contribution in [0.3, 0.4) is 0 Å². The van der Waals surface area contributed by atoms with Crippen LogP contribution in [0.15, 0.2) is 24.3 Å². The molecule has 1 heterocycles. The number of aryl methyl sites for hydroxylation is 2. The lowest BCUT2D eigenvalue weighted by Crippen LogP contribution is -2.16. The molecule has 1 aromatic heterocycles. The molecule has 0 aliphatic heterocycles. The molecule has 0 saturated heterocycles. The van der Waals surface area contributed by atoms with Crippen molar-refractivity contribution < 1.29 is 0 Å². The summed E-state index contributed by atoms with van der Waals surface area (Å²) in [6, 6.07) is 8.49. The van der Waals surface area contributed by atoms with Crippen LogP contribution in [0.5, 0.6) is 0 Å². The van der Waals surface area contributed by atoms with Gasteiger partial charge in [-0.15, -0.1) is 0 Å². The summed E-state index contributed by atoms with van der Waals surface area (Å²) >= 11 is 0. The maximum absolute atomic E-state index is 4.78. The highest BCUT2D eigenvalue weighted by Crippen LogP contribution is 2.17. The molecule has 0 radical (unpaired) electrons. The fraction of sp³-hybridized carbons (Fsp3) is 0.588. The Hall–Kier alpha value is -1.35. The van der Waals surface area contributed by atoms with Crippen LogP contribution in [0.25, 0.3) is 11.0 Å². The molecule has 0 fully saturated rings. The van der Waals surface area contributed by atoms with E-state index in [4.69, 9.17) is 4.98 Å². The fourth-order valence-electron chi connectivity index (χ4n) is 2.61. The van der Waals surface area contributed by atoms with Gasteiger partial charge in [0, 0.05) is 13.0 Å². The van der Waals surface area contributed by atoms with E-state index in [-0.39, 0.29) is 0 Å². The van der Waals surface area contributed by atoms with Gasteiger partial charge in [0.15, 0.2) is 0 Å². The highest BCUT2D eigenvalue weighted by atomic mass is 15.1. The van der Waals surface area contributed by atoms with Gasteiger partial charge in [-0.2, -0.15) is 0 Å². The van der Waals surface area contributed by atoms with Crippen molar-refractivity contribution in [1.29, 1.82) is 0 Å². The van der Waals surface area contributed by atoms with Gasteiger partial charge < -0.3 is 9.88 Å². The Kier molecular flexibility index (Phi) is 6.06. The molecule has 0 aliphatic carbocycles. The van der Waals surface area contributed by atoms with Crippen LogP contribution in [0.4, 0.5) is 0 Å². The number of rotatable bonds is 9. The standard InChI is InChI=1S/C17H27N3/c1-3-9-17-19-15-10-5-6-11-16(15)20(17)14-8-7-13-18-12-4-2/h5-6,10-11,18H,3-4,7-9,12-14H2,1-2H3. The quantitative estimate of drug-likeness (QED) is 0.705. The second-order valence-electron chi connectivity index (χ2n) is 5.38. The van der Waals surface area contributed by atoms with E-state index < -0.39 is 0 Å². The van der Waals surface area contributed by atoms with E-state index in [2.05, 4.69) is 48.0 Å². The number of imidazole rings is 1. The molecular formula is C17H27N3. The number of nitrogens with zero attached hydrogens (tertiary/aromatic N) is 2. The molecule has 0 amide bonds. The third kappa shape index (κ3) is 3.83. The van der Waals surface area contributed by atoms with Crippen LogP contribution < -0.4 is 5.32 Å². The van der Waals surface area contributed by atoms with Crippen molar-refractivity contribution in [3.05, 3.63) is 30.1 Å². The van der Waals surface area contributed by atoms with Gasteiger partial charge in [-0.1, -0.05) is 26.0 Å². The van der Waals surface area contributed by atoms with E-state index in [0.717, 1.165) is 38.0 Å². The summed E-state index contributed by atoms with van der Waals surface area (Å²) in [6.45, 7) is 7.78. The zero-order valence-corrected chi connectivity index (χ0v) is 12.9. The van der Waals surface area contributed by atoms with Crippen LogP contribution >= 0.6 is 0 Å². The van der Waals surface area contributed by atoms with Gasteiger partial charge in [0.05, 0.1) is 11.0 Å². The van der Waals surface area contributed by atoms with Crippen molar-refractivity contribution in [3.63, 3.8) is 0 Å². The van der Waals surface area contributed by atoms with Gasteiger partial charge in [0.2, 0.25) is 0 Å². The molecule has 0 bridgehead atoms. The summed E-state index contributed by atoms with van der Waals surface area (Å²) in [5.41, 5.74) is 2.43. The number of hydrogen-bond donors (Lipinski definition) is 1. The fourth-order valence-corrected chi connectivity index (χ4v) is 2.61. The maximum Gasteiger partial charge on any atom is 0.109 e. The molecule has 3 nitrogen and oxygen atoms in total. The maximum atomic E-state index is 4.78. The summed E-state index contributed by atoms with van der Waals surface area (Å²) in [6.07, 6.45) is 5.89. The van der Waals surface area contributed by atoms with E-state index in [9.17, 15) is 0 Å². The molecule has 0 aliphatic rings. The number of para-hydroxylation sites is 2. The van der Waals surface area contributed by atoms with Crippen LogP contribution in [0, 0.1) is 0 Å². The highest BCUT2D eigenvalue weighted by molar-refractivity contribution is 5.75. The second-order valence-corrected chi connectivity index (χ2v) is 5.38. The van der Waals surface area contributed by atoms with Gasteiger partial charge in [0.1, 0.15) is 5.82 Å². The van der Waals surface area contributed by atoms with Crippen molar-refractivity contribution in [3.8, 4) is 0 Å². The Morgan fingerprint density at radius 1 is 1.05 bits per heavy atom. The van der Waals surface area contributed by atoms with E-state index in [1.54, 1.807) is 0 Å². The average molecular weight is 273 g/mol. The Labute approximate surface area is 122 Å². The van der Waals surface area contributed by atoms with Gasteiger partial charge in [0.25, 0.3) is 0 Å². The molecular weight excluding hydrogens is 246 g/mol. The smallest absolute Gasteiger partial charge is 0.109 e. The van der Waals surface area contributed by atoms with Crippen LogP contribution in [0.1, 0.15) is 45.4 Å². The number of fused-ring (bicyclic) bond motifs is 1. The molecule has 0 unspecified atom stereocenters. The molecule has 2 rings (SSSR count). The average Bonchev–Trinajstić information content (AvgIpc) is 2.81. The zero-order valence-electron chi connectivity index (χ0n) is 12.9. The highest BCUT2D eigenvalue weighted by Gasteiger charge is 2.08. The van der Waals surface area contributed by atoms with Crippen molar-refractivity contribution in [2.75, 3.05) is 13.1 Å². The van der Waals surface area contributed by atoms with Gasteiger partial charge in [-0.25, -0.2) is 4.98 Å². The van der Waals surface area contributed by atoms with Crippen molar-refractivity contribution in [2.24, 2.45) is 0 Å². The first-order chi connectivity index (χ1) is 9.86. The first-order valence-electron chi connectivity index (χ1n) is 8.01. The first-order valence-corrected chi connectivity index (χ1v) is 8.01. The lowest BCUT2D eigenvalue weighted by Gasteiger charge is -2.09. The molecule has 2 aromatic rings. The largest absolute Gasteiger partial charge is 0.328 e. The number of nitrogens with one attached hydrogen (secondary N) is 1. The lowest BCUT2D eigenvalue weighted by molar-refractivity contribution is 0.559. The predicted octanol–water partition coefficient (Wildman–Crippen LogP) is 3.77. The first kappa shape index (κ1) is 15.0. The molecule has 110 valence electrons. The van der Waals surface area contributed by atoms with Crippen LogP contribution in [-0.4, -0.2) is 22.6 Å². The van der Waals surface area contributed by atoms with E-state index in [1.807, 2.05) is 0 Å². The zero-order chi connectivity index (χ0) is 14.2. The normalized spacial score (nSPS) is 11.3. The third-order valence-electron chi connectivity index (χ3n) is 3.62. The number of unbranched alkanes of at least 4 members (excludes halogenated alkanes) is 1. The SMILES string of the molecule is CCCNCCCCn1c(CCC)nc2ccccc21. The predicted molar refractivity (Wildman–Crippen MR) is 86.1 cm³/mol. The van der Waals surface area contributed by atoms with Crippen LogP contribution in [-0.2, 0) is 13.0 Å². The van der Waals surface area contributed by atoms with Gasteiger partial charge in [-0.3, -0.25) is 0 Å². The second kappa shape index (κ2) is 8.05. The minimum atomic E-state index is 1.07. The van der Waals surface area contributed by atoms with Crippen molar-refractivity contribution in [2.45, 2.75) is 52.5 Å². The Morgan fingerprint density at radius 2 is 1.90 bits per heavy atom. The Bertz CT molecular complexity index is 516. The van der Waals surface area contributed by atoms with Crippen molar-refractivity contribution >= 4 is 11.0 Å². The summed E-state index contributed by atoms with van der Waals surface area (Å²) in [5.74, 6) is 1.25. The molecule has 1 aromatic carbocycles. The minimum Gasteiger partial charge on any atom is -0.328 e. The van der Waals surface area contributed by atoms with Crippen molar-refractivity contribution in [1.82, 2.24) is 14.9 Å². The summed E-state index contributed by atoms with van der Waals surface area (Å²) < 4.78 is 2.42. The van der Waals surface area contributed by atoms with Crippen LogP contribution in [0.2, 0.25) is 0 Å². The summed E-state index contributed by atoms with van der Waals surface area (Å²) in [5, 5.41) is 3.47. The summed E-state index contributed by atoms with van der Waals surface area (Å²) in [7, 11) is 0. The monoisotopic (exact) mass is 273 g/mol. The Morgan fingerprint density at radius 3 is 2.70 bits per heavy atom. The molecule has 3 heteroatoms. The van der Waals surface area contributed by atoms with Gasteiger partial charge in [-0.05, 0) is 50.9 Å². The number of hydrogen-bond acceptors (Lipinski definition) is 2. The molecule has 20 heavy (non-hydrogen) atoms. The number of aromatic nitrogens is 2. The van der Waals surface area contributed by atoms with E-state index in [1.165, 1.54) is 30.6 Å². The summed E-state index contributed by atoms with van der Waals surface area (Å²) in [4.78, 5) is 4.78. The molecule has 1 N–H and O–H groups in total. The van der Waals surface area contributed by atoms with E-state index >= 15 is 0 Å². The Balaban J connectivity index is 1.98. The topological polar surface area (TPSA) is 29.9 Å². The third-order valence-corrected chi connectivity index (χ3v) is 3.62. The lowest BCUT2D eigenvalue weighted by atomic mass is 10.2. The molecule has 0 atom stereocenters.